The summed E-state index contributed by atoms with van der Waals surface area (Å²) in [6.07, 6.45) is 0.926. The van der Waals surface area contributed by atoms with Crippen molar-refractivity contribution in [3.63, 3.8) is 0 Å². The maximum atomic E-state index is 12.1. The van der Waals surface area contributed by atoms with E-state index in [-0.39, 0.29) is 5.91 Å². The maximum absolute atomic E-state index is 12.1. The first-order valence-electron chi connectivity index (χ1n) is 7.70. The molecule has 0 aliphatic carbocycles. The summed E-state index contributed by atoms with van der Waals surface area (Å²) in [4.78, 5) is 16.2. The van der Waals surface area contributed by atoms with Gasteiger partial charge in [-0.1, -0.05) is 17.3 Å². The van der Waals surface area contributed by atoms with Gasteiger partial charge in [-0.25, -0.2) is 4.98 Å². The molecule has 1 atom stereocenters. The van der Waals surface area contributed by atoms with E-state index in [2.05, 4.69) is 15.5 Å². The van der Waals surface area contributed by atoms with Crippen LogP contribution in [0.25, 0.3) is 0 Å². The van der Waals surface area contributed by atoms with E-state index >= 15 is 0 Å². The Morgan fingerprint density at radius 2 is 2.00 bits per heavy atom. The zero-order chi connectivity index (χ0) is 17.6. The SMILES string of the molecule is Cc1cc(NC(=O)[C@H](C)Oc2cccc(Oc3ccccn3)c2)no1. The third-order valence-electron chi connectivity index (χ3n) is 3.23. The number of pyridine rings is 1. The van der Waals surface area contributed by atoms with E-state index in [1.54, 1.807) is 56.4 Å². The third kappa shape index (κ3) is 4.57. The lowest BCUT2D eigenvalue weighted by molar-refractivity contribution is -0.122. The van der Waals surface area contributed by atoms with E-state index in [9.17, 15) is 4.79 Å². The van der Waals surface area contributed by atoms with Crippen LogP contribution in [-0.4, -0.2) is 22.2 Å². The molecule has 0 aliphatic rings. The second kappa shape index (κ2) is 7.48. The first-order valence-corrected chi connectivity index (χ1v) is 7.70. The van der Waals surface area contributed by atoms with Crippen molar-refractivity contribution in [2.45, 2.75) is 20.0 Å². The van der Waals surface area contributed by atoms with Crippen molar-refractivity contribution in [1.29, 1.82) is 0 Å². The largest absolute Gasteiger partial charge is 0.481 e. The molecule has 7 nitrogen and oxygen atoms in total. The number of nitrogens with zero attached hydrogens (tertiary/aromatic N) is 2. The minimum Gasteiger partial charge on any atom is -0.481 e. The number of carbonyl (C=O) groups is 1. The fraction of sp³-hybridized carbons (Fsp3) is 0.167. The summed E-state index contributed by atoms with van der Waals surface area (Å²) in [6.45, 7) is 3.39. The van der Waals surface area contributed by atoms with E-state index in [1.807, 2.05) is 12.1 Å². The average molecular weight is 339 g/mol. The Morgan fingerprint density at radius 1 is 1.16 bits per heavy atom. The minimum absolute atomic E-state index is 0.329. The quantitative estimate of drug-likeness (QED) is 0.739. The predicted molar refractivity (Wildman–Crippen MR) is 90.7 cm³/mol. The van der Waals surface area contributed by atoms with Crippen LogP contribution in [0.2, 0.25) is 0 Å². The van der Waals surface area contributed by atoms with Crippen molar-refractivity contribution in [2.24, 2.45) is 0 Å². The fourth-order valence-electron chi connectivity index (χ4n) is 2.05. The summed E-state index contributed by atoms with van der Waals surface area (Å²) in [6, 6.07) is 14.0. The molecule has 25 heavy (non-hydrogen) atoms. The van der Waals surface area contributed by atoms with E-state index in [1.165, 1.54) is 0 Å². The lowest BCUT2D eigenvalue weighted by Crippen LogP contribution is -2.30. The molecule has 128 valence electrons. The molecular formula is C18H17N3O4. The van der Waals surface area contributed by atoms with Crippen molar-refractivity contribution in [3.8, 4) is 17.4 Å². The van der Waals surface area contributed by atoms with Gasteiger partial charge in [0.05, 0.1) is 0 Å². The number of aromatic nitrogens is 2. The molecule has 3 aromatic rings. The molecular weight excluding hydrogens is 322 g/mol. The van der Waals surface area contributed by atoms with Crippen LogP contribution in [0, 0.1) is 6.92 Å². The second-order valence-corrected chi connectivity index (χ2v) is 5.32. The molecule has 3 rings (SSSR count). The lowest BCUT2D eigenvalue weighted by Gasteiger charge is -2.14. The van der Waals surface area contributed by atoms with E-state index < -0.39 is 6.10 Å². The standard InChI is InChI=1S/C18H17N3O4/c1-12-10-16(21-25-12)20-18(22)13(2)23-14-6-5-7-15(11-14)24-17-8-3-4-9-19-17/h3-11,13H,1-2H3,(H,20,21,22)/t13-/m0/s1. The number of anilines is 1. The number of amides is 1. The van der Waals surface area contributed by atoms with Gasteiger partial charge < -0.3 is 19.3 Å². The predicted octanol–water partition coefficient (Wildman–Crippen LogP) is 3.58. The van der Waals surface area contributed by atoms with Gasteiger partial charge in [0.25, 0.3) is 5.91 Å². The van der Waals surface area contributed by atoms with Crippen LogP contribution >= 0.6 is 0 Å². The third-order valence-corrected chi connectivity index (χ3v) is 3.23. The summed E-state index contributed by atoms with van der Waals surface area (Å²) < 4.78 is 16.2. The van der Waals surface area contributed by atoms with Crippen LogP contribution in [-0.2, 0) is 4.79 Å². The second-order valence-electron chi connectivity index (χ2n) is 5.32. The Kier molecular flexibility index (Phi) is 4.94. The van der Waals surface area contributed by atoms with E-state index in [0.717, 1.165) is 0 Å². The lowest BCUT2D eigenvalue weighted by atomic mass is 10.3. The van der Waals surface area contributed by atoms with Crippen molar-refractivity contribution in [3.05, 3.63) is 60.5 Å². The molecule has 2 aromatic heterocycles. The normalized spacial score (nSPS) is 11.6. The smallest absolute Gasteiger partial charge is 0.266 e. The van der Waals surface area contributed by atoms with Gasteiger partial charge in [-0.3, -0.25) is 4.79 Å². The topological polar surface area (TPSA) is 86.5 Å². The minimum atomic E-state index is -0.720. The van der Waals surface area contributed by atoms with Gasteiger partial charge in [0, 0.05) is 24.4 Å². The number of aryl methyl sites for hydroxylation is 1. The van der Waals surface area contributed by atoms with Crippen molar-refractivity contribution in [2.75, 3.05) is 5.32 Å². The zero-order valence-corrected chi connectivity index (χ0v) is 13.8. The Balaban J connectivity index is 1.62. The molecule has 0 saturated carbocycles. The highest BCUT2D eigenvalue weighted by Gasteiger charge is 2.16. The highest BCUT2D eigenvalue weighted by Crippen LogP contribution is 2.24. The fourth-order valence-corrected chi connectivity index (χ4v) is 2.05. The number of benzene rings is 1. The van der Waals surface area contributed by atoms with Crippen molar-refractivity contribution >= 4 is 11.7 Å². The Hall–Kier alpha value is -3.35. The summed E-state index contributed by atoms with van der Waals surface area (Å²) in [5, 5.41) is 6.34. The molecule has 1 N–H and O–H groups in total. The first kappa shape index (κ1) is 16.5. The average Bonchev–Trinajstić information content (AvgIpc) is 3.01. The summed E-state index contributed by atoms with van der Waals surface area (Å²) in [5.74, 6) is 2.19. The zero-order valence-electron chi connectivity index (χ0n) is 13.8. The molecule has 0 spiro atoms. The van der Waals surface area contributed by atoms with Gasteiger partial charge in [-0.2, -0.15) is 0 Å². The van der Waals surface area contributed by atoms with Crippen molar-refractivity contribution < 1.29 is 18.8 Å². The molecule has 0 saturated heterocycles. The molecule has 0 radical (unpaired) electrons. The van der Waals surface area contributed by atoms with Crippen LogP contribution < -0.4 is 14.8 Å². The van der Waals surface area contributed by atoms with Gasteiger partial charge in [0.15, 0.2) is 11.9 Å². The van der Waals surface area contributed by atoms with Crippen LogP contribution in [0.3, 0.4) is 0 Å². The van der Waals surface area contributed by atoms with Gasteiger partial charge >= 0.3 is 0 Å². The Morgan fingerprint density at radius 3 is 2.72 bits per heavy atom. The van der Waals surface area contributed by atoms with Crippen LogP contribution in [0.1, 0.15) is 12.7 Å². The number of hydrogen-bond acceptors (Lipinski definition) is 6. The number of hydrogen-bond donors (Lipinski definition) is 1. The van der Waals surface area contributed by atoms with E-state index in [4.69, 9.17) is 14.0 Å². The monoisotopic (exact) mass is 339 g/mol. The molecule has 7 heteroatoms. The summed E-state index contributed by atoms with van der Waals surface area (Å²) in [5.41, 5.74) is 0. The molecule has 0 aliphatic heterocycles. The maximum Gasteiger partial charge on any atom is 0.266 e. The van der Waals surface area contributed by atoms with Crippen LogP contribution in [0.4, 0.5) is 5.82 Å². The summed E-state index contributed by atoms with van der Waals surface area (Å²) >= 11 is 0. The van der Waals surface area contributed by atoms with Gasteiger partial charge in [-0.15, -0.1) is 0 Å². The highest BCUT2D eigenvalue weighted by atomic mass is 16.5. The number of carbonyl (C=O) groups excluding carboxylic acids is 1. The van der Waals surface area contributed by atoms with Gasteiger partial charge in [0.1, 0.15) is 17.3 Å². The van der Waals surface area contributed by atoms with Crippen molar-refractivity contribution in [1.82, 2.24) is 10.1 Å². The molecule has 1 aromatic carbocycles. The van der Waals surface area contributed by atoms with Crippen LogP contribution in [0.5, 0.6) is 17.4 Å². The molecule has 0 fully saturated rings. The molecule has 0 unspecified atom stereocenters. The molecule has 1 amide bonds. The van der Waals surface area contributed by atoms with Crippen LogP contribution in [0.15, 0.2) is 59.3 Å². The molecule has 0 bridgehead atoms. The molecule has 2 heterocycles. The van der Waals surface area contributed by atoms with Gasteiger partial charge in [0.2, 0.25) is 5.88 Å². The highest BCUT2D eigenvalue weighted by molar-refractivity contribution is 5.93. The first-order chi connectivity index (χ1) is 12.1. The summed E-state index contributed by atoms with van der Waals surface area (Å²) in [7, 11) is 0. The van der Waals surface area contributed by atoms with E-state index in [0.29, 0.717) is 29.0 Å². The number of nitrogens with one attached hydrogen (secondary N) is 1. The Bertz CT molecular complexity index is 848. The van der Waals surface area contributed by atoms with Gasteiger partial charge in [-0.05, 0) is 32.0 Å². The Labute approximate surface area is 144 Å². The number of rotatable bonds is 6. The number of ether oxygens (including phenoxy) is 2.